The van der Waals surface area contributed by atoms with Crippen LogP contribution in [0.4, 0.5) is 11.4 Å². The first-order valence-corrected chi connectivity index (χ1v) is 12.5. The highest BCUT2D eigenvalue weighted by Gasteiger charge is 2.23. The lowest BCUT2D eigenvalue weighted by molar-refractivity contribution is 0.0746. The number of halogens is 2. The Labute approximate surface area is 222 Å². The van der Waals surface area contributed by atoms with Crippen LogP contribution in [0.2, 0.25) is 5.02 Å². The maximum absolute atomic E-state index is 12.8. The molecule has 0 spiro atoms. The summed E-state index contributed by atoms with van der Waals surface area (Å²) in [6.45, 7) is 2.56. The van der Waals surface area contributed by atoms with Gasteiger partial charge in [0.2, 0.25) is 0 Å². The minimum atomic E-state index is -0.263. The molecule has 34 heavy (non-hydrogen) atoms. The third-order valence-electron chi connectivity index (χ3n) is 5.48. The Hall–Kier alpha value is -2.69. The van der Waals surface area contributed by atoms with E-state index in [1.807, 2.05) is 41.3 Å². The highest BCUT2D eigenvalue weighted by atomic mass is 127. The van der Waals surface area contributed by atoms with Crippen LogP contribution in [0.5, 0.6) is 0 Å². The zero-order valence-electron chi connectivity index (χ0n) is 18.1. The van der Waals surface area contributed by atoms with E-state index in [-0.39, 0.29) is 16.9 Å². The fourth-order valence-electron chi connectivity index (χ4n) is 3.71. The van der Waals surface area contributed by atoms with E-state index in [2.05, 4.69) is 38.1 Å². The summed E-state index contributed by atoms with van der Waals surface area (Å²) < 4.78 is 1.05. The zero-order valence-corrected chi connectivity index (χ0v) is 21.9. The van der Waals surface area contributed by atoms with Gasteiger partial charge in [-0.25, -0.2) is 0 Å². The minimum Gasteiger partial charge on any atom is -0.366 e. The van der Waals surface area contributed by atoms with Crippen LogP contribution in [-0.4, -0.2) is 48.0 Å². The number of hydrogen-bond acceptors (Lipinski definition) is 4. The van der Waals surface area contributed by atoms with Gasteiger partial charge < -0.3 is 15.1 Å². The number of carbonyl (C=O) groups excluding carboxylic acids is 2. The Kier molecular flexibility index (Phi) is 8.02. The van der Waals surface area contributed by atoms with Gasteiger partial charge in [-0.3, -0.25) is 14.9 Å². The smallest absolute Gasteiger partial charge is 0.257 e. The molecule has 0 radical (unpaired) electrons. The Balaban J connectivity index is 1.37. The van der Waals surface area contributed by atoms with Crippen LogP contribution in [0.25, 0.3) is 0 Å². The molecular weight excluding hydrogens is 583 g/mol. The predicted molar refractivity (Wildman–Crippen MR) is 149 cm³/mol. The van der Waals surface area contributed by atoms with Gasteiger partial charge in [0.1, 0.15) is 0 Å². The van der Waals surface area contributed by atoms with Crippen molar-refractivity contribution in [2.75, 3.05) is 36.4 Å². The Morgan fingerprint density at radius 2 is 1.47 bits per heavy atom. The van der Waals surface area contributed by atoms with Crippen molar-refractivity contribution < 1.29 is 9.59 Å². The molecule has 3 aromatic carbocycles. The summed E-state index contributed by atoms with van der Waals surface area (Å²) in [7, 11) is 0. The number of hydrogen-bond donors (Lipinski definition) is 2. The first kappa shape index (κ1) is 24.4. The predicted octanol–water partition coefficient (Wildman–Crippen LogP) is 5.03. The molecule has 0 aliphatic carbocycles. The van der Waals surface area contributed by atoms with Crippen molar-refractivity contribution in [3.05, 3.63) is 92.5 Å². The number of thiocarbonyl (C=S) groups is 1. The van der Waals surface area contributed by atoms with E-state index < -0.39 is 0 Å². The van der Waals surface area contributed by atoms with Crippen LogP contribution < -0.4 is 15.5 Å². The quantitative estimate of drug-likeness (QED) is 0.323. The number of nitrogens with zero attached hydrogens (tertiary/aromatic N) is 2. The Morgan fingerprint density at radius 1 is 0.853 bits per heavy atom. The van der Waals surface area contributed by atoms with Crippen molar-refractivity contribution in [2.24, 2.45) is 0 Å². The normalized spacial score (nSPS) is 13.4. The van der Waals surface area contributed by atoms with E-state index in [1.165, 1.54) is 0 Å². The molecule has 9 heteroatoms. The van der Waals surface area contributed by atoms with Crippen LogP contribution in [-0.2, 0) is 0 Å². The molecule has 0 atom stereocenters. The molecule has 1 aliphatic heterocycles. The molecule has 2 amide bonds. The molecule has 1 fully saturated rings. The van der Waals surface area contributed by atoms with Gasteiger partial charge in [-0.05, 0) is 95.5 Å². The molecule has 0 aromatic heterocycles. The lowest BCUT2D eigenvalue weighted by Crippen LogP contribution is -2.49. The molecule has 1 saturated heterocycles. The van der Waals surface area contributed by atoms with Gasteiger partial charge in [-0.15, -0.1) is 0 Å². The number of rotatable bonds is 4. The molecule has 0 saturated carbocycles. The van der Waals surface area contributed by atoms with E-state index in [1.54, 1.807) is 36.4 Å². The highest BCUT2D eigenvalue weighted by Crippen LogP contribution is 2.27. The highest BCUT2D eigenvalue weighted by molar-refractivity contribution is 14.1. The fourth-order valence-corrected chi connectivity index (χ4v) is 4.40. The SMILES string of the molecule is O=C(NC(=S)Nc1ccccc1N1CCN(C(=O)c2ccc(Cl)cc2)CC1)c1ccc(I)cc1. The van der Waals surface area contributed by atoms with Crippen molar-refractivity contribution >= 4 is 74.7 Å². The van der Waals surface area contributed by atoms with Crippen molar-refractivity contribution in [3.63, 3.8) is 0 Å². The number of carbonyl (C=O) groups is 2. The zero-order chi connectivity index (χ0) is 24.1. The van der Waals surface area contributed by atoms with Crippen LogP contribution >= 0.6 is 46.4 Å². The van der Waals surface area contributed by atoms with Crippen molar-refractivity contribution in [2.45, 2.75) is 0 Å². The second-order valence-corrected chi connectivity index (χ2v) is 9.81. The maximum atomic E-state index is 12.8. The average molecular weight is 605 g/mol. The summed E-state index contributed by atoms with van der Waals surface area (Å²) in [4.78, 5) is 29.3. The number of piperazine rings is 1. The fraction of sp³-hybridized carbons (Fsp3) is 0.160. The molecule has 0 bridgehead atoms. The van der Waals surface area contributed by atoms with Gasteiger partial charge in [0.15, 0.2) is 5.11 Å². The number of para-hydroxylation sites is 2. The summed E-state index contributed by atoms with van der Waals surface area (Å²) in [6.07, 6.45) is 0. The van der Waals surface area contributed by atoms with Crippen molar-refractivity contribution in [3.8, 4) is 0 Å². The van der Waals surface area contributed by atoms with Crippen LogP contribution in [0, 0.1) is 3.57 Å². The molecular formula is C25H22ClIN4O2S. The van der Waals surface area contributed by atoms with Crippen molar-refractivity contribution in [1.29, 1.82) is 0 Å². The second-order valence-electron chi connectivity index (χ2n) is 7.72. The van der Waals surface area contributed by atoms with E-state index in [4.69, 9.17) is 23.8 Å². The van der Waals surface area contributed by atoms with Crippen molar-refractivity contribution in [1.82, 2.24) is 10.2 Å². The summed E-state index contributed by atoms with van der Waals surface area (Å²) in [6, 6.07) is 22.0. The summed E-state index contributed by atoms with van der Waals surface area (Å²) >= 11 is 13.5. The van der Waals surface area contributed by atoms with E-state index >= 15 is 0 Å². The number of amides is 2. The van der Waals surface area contributed by atoms with Crippen LogP contribution in [0.1, 0.15) is 20.7 Å². The van der Waals surface area contributed by atoms with Gasteiger partial charge >= 0.3 is 0 Å². The molecule has 4 rings (SSSR count). The third-order valence-corrected chi connectivity index (χ3v) is 6.66. The van der Waals surface area contributed by atoms with Gasteiger partial charge in [0.25, 0.3) is 11.8 Å². The molecule has 0 unspecified atom stereocenters. The van der Waals surface area contributed by atoms with Gasteiger partial charge in [-0.1, -0.05) is 23.7 Å². The molecule has 3 aromatic rings. The van der Waals surface area contributed by atoms with Gasteiger partial charge in [0, 0.05) is 45.9 Å². The topological polar surface area (TPSA) is 64.7 Å². The summed E-state index contributed by atoms with van der Waals surface area (Å²) in [5, 5.41) is 6.72. The molecule has 1 aliphatic rings. The molecule has 2 N–H and O–H groups in total. The monoisotopic (exact) mass is 604 g/mol. The van der Waals surface area contributed by atoms with E-state index in [0.29, 0.717) is 42.3 Å². The van der Waals surface area contributed by atoms with Crippen LogP contribution in [0.15, 0.2) is 72.8 Å². The van der Waals surface area contributed by atoms with E-state index in [9.17, 15) is 9.59 Å². The second kappa shape index (κ2) is 11.2. The Bertz CT molecular complexity index is 1200. The number of anilines is 2. The Morgan fingerprint density at radius 3 is 2.15 bits per heavy atom. The lowest BCUT2D eigenvalue weighted by Gasteiger charge is -2.37. The average Bonchev–Trinajstić information content (AvgIpc) is 2.85. The molecule has 1 heterocycles. The van der Waals surface area contributed by atoms with Crippen LogP contribution in [0.3, 0.4) is 0 Å². The van der Waals surface area contributed by atoms with Gasteiger partial charge in [0.05, 0.1) is 11.4 Å². The summed E-state index contributed by atoms with van der Waals surface area (Å²) in [5.74, 6) is -0.261. The summed E-state index contributed by atoms with van der Waals surface area (Å²) in [5.41, 5.74) is 2.94. The number of benzene rings is 3. The van der Waals surface area contributed by atoms with E-state index in [0.717, 1.165) is 14.9 Å². The minimum absolute atomic E-state index is 0.00205. The largest absolute Gasteiger partial charge is 0.366 e. The third kappa shape index (κ3) is 6.05. The number of nitrogens with one attached hydrogen (secondary N) is 2. The molecule has 174 valence electrons. The molecule has 6 nitrogen and oxygen atoms in total. The standard InChI is InChI=1S/C25H22ClIN4O2S/c26-19-9-5-18(6-10-19)24(33)31-15-13-30(14-16-31)22-4-2-1-3-21(22)28-25(34)29-23(32)17-7-11-20(27)12-8-17/h1-12H,13-16H2,(H2,28,29,32,34). The maximum Gasteiger partial charge on any atom is 0.257 e. The van der Waals surface area contributed by atoms with Gasteiger partial charge in [-0.2, -0.15) is 0 Å². The lowest BCUT2D eigenvalue weighted by atomic mass is 10.1. The first-order valence-electron chi connectivity index (χ1n) is 10.7. The first-order chi connectivity index (χ1) is 16.4.